The fraction of sp³-hybridized carbons (Fsp3) is 0.357. The first-order valence-corrected chi connectivity index (χ1v) is 6.15. The first kappa shape index (κ1) is 10.4. The minimum atomic E-state index is 0.770. The van der Waals surface area contributed by atoms with Gasteiger partial charge in [-0.15, -0.1) is 0 Å². The average Bonchev–Trinajstić information content (AvgIpc) is 3.13. The zero-order chi connectivity index (χ0) is 11.8. The van der Waals surface area contributed by atoms with Crippen molar-refractivity contribution in [3.63, 3.8) is 0 Å². The highest BCUT2D eigenvalue weighted by atomic mass is 15.3. The van der Waals surface area contributed by atoms with Crippen molar-refractivity contribution in [3.05, 3.63) is 41.6 Å². The zero-order valence-electron chi connectivity index (χ0n) is 10.1. The molecule has 3 nitrogen and oxygen atoms in total. The Morgan fingerprint density at radius 2 is 2.00 bits per heavy atom. The number of nitrogens with two attached hydrogens (primary N) is 1. The van der Waals surface area contributed by atoms with E-state index in [1.54, 1.807) is 0 Å². The second-order valence-corrected chi connectivity index (χ2v) is 4.85. The highest BCUT2D eigenvalue weighted by Gasteiger charge is 2.25. The number of hydrogen-bond donors (Lipinski definition) is 1. The van der Waals surface area contributed by atoms with Gasteiger partial charge in [-0.1, -0.05) is 18.2 Å². The molecule has 0 amide bonds. The summed E-state index contributed by atoms with van der Waals surface area (Å²) in [5.74, 6) is 1.61. The lowest BCUT2D eigenvalue weighted by Crippen LogP contribution is -2.02. The summed E-state index contributed by atoms with van der Waals surface area (Å²) < 4.78 is 1.85. The van der Waals surface area contributed by atoms with E-state index >= 15 is 0 Å². The molecule has 0 aliphatic heterocycles. The van der Waals surface area contributed by atoms with Crippen molar-refractivity contribution in [1.29, 1.82) is 0 Å². The van der Waals surface area contributed by atoms with Crippen LogP contribution in [0.3, 0.4) is 0 Å². The number of hydrogen-bond acceptors (Lipinski definition) is 2. The van der Waals surface area contributed by atoms with Gasteiger partial charge in [0.1, 0.15) is 5.82 Å². The van der Waals surface area contributed by atoms with Crippen LogP contribution in [0.1, 0.15) is 24.1 Å². The van der Waals surface area contributed by atoms with Crippen LogP contribution in [0.4, 0.5) is 5.82 Å². The van der Waals surface area contributed by atoms with Crippen LogP contribution < -0.4 is 5.73 Å². The summed E-state index contributed by atoms with van der Waals surface area (Å²) in [5.41, 5.74) is 9.47. The molecular weight excluding hydrogens is 210 g/mol. The van der Waals surface area contributed by atoms with Gasteiger partial charge in [0.2, 0.25) is 0 Å². The number of para-hydroxylation sites is 1. The number of nitrogens with zero attached hydrogens (tertiary/aromatic N) is 2. The third-order valence-corrected chi connectivity index (χ3v) is 3.45. The van der Waals surface area contributed by atoms with Gasteiger partial charge in [0.05, 0.1) is 11.4 Å². The monoisotopic (exact) mass is 227 g/mol. The maximum atomic E-state index is 6.13. The number of rotatable bonds is 3. The molecule has 0 saturated heterocycles. The maximum Gasteiger partial charge on any atom is 0.130 e. The highest BCUT2D eigenvalue weighted by molar-refractivity contribution is 5.49. The molecule has 0 spiro atoms. The molecule has 1 heterocycles. The van der Waals surface area contributed by atoms with Gasteiger partial charge < -0.3 is 5.73 Å². The molecule has 88 valence electrons. The number of nitrogen functional groups attached to an aromatic ring is 1. The van der Waals surface area contributed by atoms with Crippen molar-refractivity contribution in [2.24, 2.45) is 5.92 Å². The van der Waals surface area contributed by atoms with Gasteiger partial charge in [-0.3, -0.25) is 0 Å². The van der Waals surface area contributed by atoms with Crippen LogP contribution in [0.25, 0.3) is 5.69 Å². The molecule has 0 atom stereocenters. The van der Waals surface area contributed by atoms with Gasteiger partial charge in [-0.2, -0.15) is 5.10 Å². The summed E-state index contributed by atoms with van der Waals surface area (Å²) in [6, 6.07) is 10.1. The van der Waals surface area contributed by atoms with E-state index in [1.165, 1.54) is 12.8 Å². The van der Waals surface area contributed by atoms with Crippen LogP contribution >= 0.6 is 0 Å². The second-order valence-electron chi connectivity index (χ2n) is 4.85. The molecule has 0 unspecified atom stereocenters. The summed E-state index contributed by atoms with van der Waals surface area (Å²) in [6.07, 6.45) is 3.77. The molecule has 2 aromatic rings. The fourth-order valence-electron chi connectivity index (χ4n) is 2.11. The van der Waals surface area contributed by atoms with Gasteiger partial charge in [-0.25, -0.2) is 4.68 Å². The highest BCUT2D eigenvalue weighted by Crippen LogP contribution is 2.34. The normalized spacial score (nSPS) is 15.1. The lowest BCUT2D eigenvalue weighted by molar-refractivity contribution is 0.765. The summed E-state index contributed by atoms with van der Waals surface area (Å²) in [5, 5.41) is 4.65. The second kappa shape index (κ2) is 3.91. The van der Waals surface area contributed by atoms with Crippen molar-refractivity contribution in [2.75, 3.05) is 5.73 Å². The van der Waals surface area contributed by atoms with Crippen LogP contribution in [0.15, 0.2) is 30.3 Å². The van der Waals surface area contributed by atoms with Crippen LogP contribution in [0, 0.1) is 12.8 Å². The number of anilines is 1. The van der Waals surface area contributed by atoms with Crippen molar-refractivity contribution < 1.29 is 0 Å². The summed E-state index contributed by atoms with van der Waals surface area (Å²) in [4.78, 5) is 0. The summed E-state index contributed by atoms with van der Waals surface area (Å²) >= 11 is 0. The molecule has 1 saturated carbocycles. The predicted molar refractivity (Wildman–Crippen MR) is 69.1 cm³/mol. The molecule has 1 aliphatic carbocycles. The molecule has 0 bridgehead atoms. The Labute approximate surface area is 101 Å². The average molecular weight is 227 g/mol. The molecule has 1 aromatic heterocycles. The van der Waals surface area contributed by atoms with Crippen molar-refractivity contribution in [2.45, 2.75) is 26.2 Å². The molecule has 17 heavy (non-hydrogen) atoms. The fourth-order valence-corrected chi connectivity index (χ4v) is 2.11. The number of aromatic nitrogens is 2. The maximum absolute atomic E-state index is 6.13. The Morgan fingerprint density at radius 1 is 1.29 bits per heavy atom. The topological polar surface area (TPSA) is 43.8 Å². The van der Waals surface area contributed by atoms with E-state index < -0.39 is 0 Å². The van der Waals surface area contributed by atoms with Crippen LogP contribution in [0.2, 0.25) is 0 Å². The van der Waals surface area contributed by atoms with Crippen molar-refractivity contribution >= 4 is 5.82 Å². The van der Waals surface area contributed by atoms with Gasteiger partial charge in [0.15, 0.2) is 0 Å². The SMILES string of the molecule is Cc1c(CC2CC2)nn(-c2ccccc2)c1N. The largest absolute Gasteiger partial charge is 0.383 e. The van der Waals surface area contributed by atoms with Gasteiger partial charge in [0, 0.05) is 5.56 Å². The van der Waals surface area contributed by atoms with E-state index in [0.717, 1.165) is 35.1 Å². The van der Waals surface area contributed by atoms with E-state index in [-0.39, 0.29) is 0 Å². The third kappa shape index (κ3) is 1.93. The van der Waals surface area contributed by atoms with Gasteiger partial charge >= 0.3 is 0 Å². The predicted octanol–water partition coefficient (Wildman–Crippen LogP) is 2.72. The Bertz CT molecular complexity index is 524. The van der Waals surface area contributed by atoms with Crippen molar-refractivity contribution in [1.82, 2.24) is 9.78 Å². The van der Waals surface area contributed by atoms with E-state index in [2.05, 4.69) is 12.0 Å². The van der Waals surface area contributed by atoms with Crippen LogP contribution in [0.5, 0.6) is 0 Å². The lowest BCUT2D eigenvalue weighted by atomic mass is 10.1. The molecule has 3 rings (SSSR count). The third-order valence-electron chi connectivity index (χ3n) is 3.45. The van der Waals surface area contributed by atoms with E-state index in [4.69, 9.17) is 5.73 Å². The Morgan fingerprint density at radius 3 is 2.65 bits per heavy atom. The minimum Gasteiger partial charge on any atom is -0.383 e. The summed E-state index contributed by atoms with van der Waals surface area (Å²) in [6.45, 7) is 2.07. The van der Waals surface area contributed by atoms with Crippen LogP contribution in [-0.4, -0.2) is 9.78 Å². The lowest BCUT2D eigenvalue weighted by Gasteiger charge is -2.02. The van der Waals surface area contributed by atoms with E-state index in [0.29, 0.717) is 0 Å². The Hall–Kier alpha value is -1.77. The molecular formula is C14H17N3. The number of benzene rings is 1. The first-order valence-electron chi connectivity index (χ1n) is 6.15. The van der Waals surface area contributed by atoms with E-state index in [1.807, 2.05) is 35.0 Å². The molecule has 1 aliphatic rings. The quantitative estimate of drug-likeness (QED) is 0.876. The molecule has 2 N–H and O–H groups in total. The molecule has 3 heteroatoms. The van der Waals surface area contributed by atoms with Gasteiger partial charge in [0.25, 0.3) is 0 Å². The molecule has 1 aromatic carbocycles. The van der Waals surface area contributed by atoms with Gasteiger partial charge in [-0.05, 0) is 44.2 Å². The smallest absolute Gasteiger partial charge is 0.130 e. The van der Waals surface area contributed by atoms with Crippen molar-refractivity contribution in [3.8, 4) is 5.69 Å². The first-order chi connectivity index (χ1) is 8.25. The van der Waals surface area contributed by atoms with Crippen LogP contribution in [-0.2, 0) is 6.42 Å². The standard InChI is InChI=1S/C14H17N3/c1-10-13(9-11-7-8-11)16-17(14(10)15)12-5-3-2-4-6-12/h2-6,11H,7-9,15H2,1H3. The van der Waals surface area contributed by atoms with E-state index in [9.17, 15) is 0 Å². The zero-order valence-corrected chi connectivity index (χ0v) is 10.1. The summed E-state index contributed by atoms with van der Waals surface area (Å²) in [7, 11) is 0. The molecule has 0 radical (unpaired) electrons. The Kier molecular flexibility index (Phi) is 2.39. The molecule has 1 fully saturated rings. The Balaban J connectivity index is 1.99. The minimum absolute atomic E-state index is 0.770.